The van der Waals surface area contributed by atoms with Gasteiger partial charge in [0.1, 0.15) is 7.05 Å². The minimum absolute atomic E-state index is 0.0624. The first-order valence-corrected chi connectivity index (χ1v) is 15.5. The monoisotopic (exact) mass is 449 g/mol. The van der Waals surface area contributed by atoms with Gasteiger partial charge < -0.3 is 4.40 Å². The Morgan fingerprint density at radius 1 is 0.848 bits per heavy atom. The molecule has 3 heterocycles. The predicted molar refractivity (Wildman–Crippen MR) is 146 cm³/mol. The number of rotatable bonds is 1. The van der Waals surface area contributed by atoms with Gasteiger partial charge in [-0.1, -0.05) is 75.9 Å². The number of aromatic nitrogens is 2. The molecule has 0 fully saturated rings. The Morgan fingerprint density at radius 3 is 2.27 bits per heavy atom. The van der Waals surface area contributed by atoms with Gasteiger partial charge >= 0.3 is 0 Å². The van der Waals surface area contributed by atoms with Gasteiger partial charge in [0, 0.05) is 16.8 Å². The fourth-order valence-corrected chi connectivity index (χ4v) is 6.99. The van der Waals surface area contributed by atoms with Crippen LogP contribution in [0.5, 0.6) is 0 Å². The van der Waals surface area contributed by atoms with E-state index in [2.05, 4.69) is 118 Å². The van der Waals surface area contributed by atoms with E-state index < -0.39 is 8.07 Å². The normalized spacial score (nSPS) is 13.5. The molecule has 3 heteroatoms. The van der Waals surface area contributed by atoms with E-state index in [0.29, 0.717) is 0 Å². The molecule has 0 bridgehead atoms. The van der Waals surface area contributed by atoms with E-state index in [1.165, 1.54) is 65.3 Å². The Kier molecular flexibility index (Phi) is 3.98. The van der Waals surface area contributed by atoms with Crippen LogP contribution in [0.3, 0.4) is 0 Å². The van der Waals surface area contributed by atoms with Crippen molar-refractivity contribution in [3.8, 4) is 0 Å². The average Bonchev–Trinajstić information content (AvgIpc) is 3.07. The molecule has 3 aromatic carbocycles. The first-order chi connectivity index (χ1) is 15.5. The minimum Gasteiger partial charge on any atom is -0.307 e. The van der Waals surface area contributed by atoms with E-state index in [4.69, 9.17) is 0 Å². The summed E-state index contributed by atoms with van der Waals surface area (Å²) in [5.74, 6) is 0. The summed E-state index contributed by atoms with van der Waals surface area (Å²) in [7, 11) is 0.702. The molecule has 6 aromatic rings. The number of fused-ring (bicyclic) bond motifs is 5. The van der Waals surface area contributed by atoms with Gasteiger partial charge in [-0.2, -0.15) is 0 Å². The maximum atomic E-state index is 2.58. The van der Waals surface area contributed by atoms with Crippen LogP contribution in [0, 0.1) is 6.92 Å². The fraction of sp³-hybridized carbons (Fsp3) is 0.300. The molecular formula is C30H33N2Si+. The SMILES string of the molecule is Cc1cc(C(C)(C)C)c2c3ccccc3n3c4cc([Si](C)(C)C)cc5cc[n+](C)c(c1c23)c54. The van der Waals surface area contributed by atoms with E-state index in [0.717, 1.165) is 0 Å². The van der Waals surface area contributed by atoms with Crippen LogP contribution in [0.2, 0.25) is 19.6 Å². The van der Waals surface area contributed by atoms with Gasteiger partial charge in [0.15, 0.2) is 6.20 Å². The zero-order valence-corrected chi connectivity index (χ0v) is 22.1. The molecule has 0 radical (unpaired) electrons. The van der Waals surface area contributed by atoms with Crippen LogP contribution in [0.4, 0.5) is 0 Å². The highest BCUT2D eigenvalue weighted by Gasteiger charge is 2.29. The first kappa shape index (κ1) is 20.7. The molecule has 0 atom stereocenters. The second-order valence-corrected chi connectivity index (χ2v) is 17.0. The van der Waals surface area contributed by atoms with Gasteiger partial charge in [-0.15, -0.1) is 0 Å². The Hall–Kier alpha value is -2.91. The van der Waals surface area contributed by atoms with Crippen LogP contribution < -0.4 is 9.75 Å². The Balaban J connectivity index is 2.07. The van der Waals surface area contributed by atoms with Crippen molar-refractivity contribution in [3.63, 3.8) is 0 Å². The number of hydrogen-bond acceptors (Lipinski definition) is 0. The summed E-state index contributed by atoms with van der Waals surface area (Å²) in [6.45, 7) is 16.7. The summed E-state index contributed by atoms with van der Waals surface area (Å²) >= 11 is 0. The standard InChI is InChI=1S/C30H33N2Si/c1-18-15-22(30(2,3)4)27-21-11-9-10-12-23(21)32-24-17-20(33(6,7)8)16-19-13-14-31(5)28(26(19)24)25(18)29(27)32/h9-17H,1-8H3/q+1. The fourth-order valence-electron chi connectivity index (χ4n) is 5.83. The summed E-state index contributed by atoms with van der Waals surface area (Å²) in [5.41, 5.74) is 8.25. The quantitative estimate of drug-likeness (QED) is 0.111. The molecule has 2 nitrogen and oxygen atoms in total. The maximum Gasteiger partial charge on any atom is 0.224 e. The van der Waals surface area contributed by atoms with Gasteiger partial charge in [0.25, 0.3) is 0 Å². The topological polar surface area (TPSA) is 8.29 Å². The molecule has 0 unspecified atom stereocenters. The molecule has 0 aliphatic heterocycles. The highest BCUT2D eigenvalue weighted by atomic mass is 28.3. The third kappa shape index (κ3) is 2.69. The van der Waals surface area contributed by atoms with Crippen molar-refractivity contribution in [2.45, 2.75) is 52.8 Å². The zero-order chi connectivity index (χ0) is 23.4. The van der Waals surface area contributed by atoms with Gasteiger partial charge in [-0.3, -0.25) is 0 Å². The van der Waals surface area contributed by atoms with E-state index in [-0.39, 0.29) is 5.41 Å². The van der Waals surface area contributed by atoms with Crippen LogP contribution in [-0.2, 0) is 12.5 Å². The second-order valence-electron chi connectivity index (χ2n) is 11.9. The molecule has 166 valence electrons. The Morgan fingerprint density at radius 2 is 1.58 bits per heavy atom. The van der Waals surface area contributed by atoms with Crippen molar-refractivity contribution in [2.24, 2.45) is 7.05 Å². The number of nitrogens with zero attached hydrogens (tertiary/aromatic N) is 2. The lowest BCUT2D eigenvalue weighted by molar-refractivity contribution is -0.643. The Bertz CT molecular complexity index is 1740. The van der Waals surface area contributed by atoms with Crippen molar-refractivity contribution in [2.75, 3.05) is 0 Å². The largest absolute Gasteiger partial charge is 0.307 e. The minimum atomic E-state index is -1.50. The van der Waals surface area contributed by atoms with E-state index >= 15 is 0 Å². The highest BCUT2D eigenvalue weighted by Crippen LogP contribution is 2.44. The van der Waals surface area contributed by atoms with Crippen LogP contribution in [0.1, 0.15) is 31.9 Å². The zero-order valence-electron chi connectivity index (χ0n) is 21.1. The average molecular weight is 450 g/mol. The molecule has 0 amide bonds. The van der Waals surface area contributed by atoms with Gasteiger partial charge in [-0.25, -0.2) is 4.57 Å². The molecule has 0 spiro atoms. The summed E-state index contributed by atoms with van der Waals surface area (Å²) in [6, 6.07) is 18.7. The summed E-state index contributed by atoms with van der Waals surface area (Å²) in [4.78, 5) is 0. The Labute approximate surface area is 196 Å². The molecule has 0 saturated heterocycles. The number of benzene rings is 3. The second kappa shape index (κ2) is 6.36. The number of hydrogen-bond donors (Lipinski definition) is 0. The lowest BCUT2D eigenvalue weighted by Crippen LogP contribution is -2.38. The summed E-state index contributed by atoms with van der Waals surface area (Å²) < 4.78 is 4.92. The van der Waals surface area contributed by atoms with Crippen molar-refractivity contribution in [3.05, 3.63) is 65.9 Å². The van der Waals surface area contributed by atoms with Crippen LogP contribution in [-0.4, -0.2) is 12.5 Å². The molecule has 0 aliphatic carbocycles. The van der Waals surface area contributed by atoms with E-state index in [1.54, 1.807) is 0 Å². The van der Waals surface area contributed by atoms with E-state index in [9.17, 15) is 0 Å². The molecule has 6 rings (SSSR count). The third-order valence-corrected chi connectivity index (χ3v) is 9.52. The summed E-state index contributed by atoms with van der Waals surface area (Å²) in [5, 5.41) is 8.41. The lowest BCUT2D eigenvalue weighted by atomic mass is 9.82. The number of aryl methyl sites for hydroxylation is 2. The number of pyridine rings is 2. The summed E-state index contributed by atoms with van der Waals surface area (Å²) in [6.07, 6.45) is 2.25. The molecule has 33 heavy (non-hydrogen) atoms. The smallest absolute Gasteiger partial charge is 0.224 e. The number of para-hydroxylation sites is 1. The maximum absolute atomic E-state index is 2.58. The molecule has 0 aliphatic rings. The van der Waals surface area contributed by atoms with Crippen molar-refractivity contribution in [1.82, 2.24) is 4.40 Å². The lowest BCUT2D eigenvalue weighted by Gasteiger charge is -2.23. The molecule has 0 N–H and O–H groups in total. The van der Waals surface area contributed by atoms with Crippen molar-refractivity contribution in [1.29, 1.82) is 0 Å². The molecule has 0 saturated carbocycles. The van der Waals surface area contributed by atoms with Crippen molar-refractivity contribution >= 4 is 62.3 Å². The molecular weight excluding hydrogens is 416 g/mol. The van der Waals surface area contributed by atoms with Gasteiger partial charge in [0.05, 0.1) is 35.4 Å². The highest BCUT2D eigenvalue weighted by molar-refractivity contribution is 6.89. The predicted octanol–water partition coefficient (Wildman–Crippen LogP) is 6.97. The third-order valence-electron chi connectivity index (χ3n) is 7.50. The van der Waals surface area contributed by atoms with Crippen molar-refractivity contribution < 1.29 is 4.57 Å². The van der Waals surface area contributed by atoms with Gasteiger partial charge in [-0.05, 0) is 41.0 Å². The first-order valence-electron chi connectivity index (χ1n) is 12.0. The van der Waals surface area contributed by atoms with Crippen LogP contribution >= 0.6 is 0 Å². The molecule has 3 aromatic heterocycles. The van der Waals surface area contributed by atoms with E-state index in [1.807, 2.05) is 0 Å². The van der Waals surface area contributed by atoms with Crippen LogP contribution in [0.15, 0.2) is 54.7 Å². The van der Waals surface area contributed by atoms with Gasteiger partial charge in [0.2, 0.25) is 5.52 Å². The van der Waals surface area contributed by atoms with Crippen LogP contribution in [0.25, 0.3) is 49.0 Å².